The molecule has 1 heterocycles. The molecular weight excluding hydrogens is 222 g/mol. The van der Waals surface area contributed by atoms with Crippen molar-refractivity contribution in [1.82, 2.24) is 20.6 Å². The SMILES string of the molecule is COc1ccc(NC(=O)c2nn[nH]n2)cc1C. The Morgan fingerprint density at radius 1 is 1.47 bits per heavy atom. The Balaban J connectivity index is 2.14. The highest BCUT2D eigenvalue weighted by molar-refractivity contribution is 6.01. The molecule has 2 aromatic rings. The summed E-state index contributed by atoms with van der Waals surface area (Å²) < 4.78 is 5.12. The molecule has 0 aliphatic rings. The van der Waals surface area contributed by atoms with Gasteiger partial charge in [-0.1, -0.05) is 0 Å². The summed E-state index contributed by atoms with van der Waals surface area (Å²) in [6, 6.07) is 5.32. The first kappa shape index (κ1) is 11.1. The number of aromatic amines is 1. The van der Waals surface area contributed by atoms with Crippen LogP contribution in [0.3, 0.4) is 0 Å². The summed E-state index contributed by atoms with van der Waals surface area (Å²) in [5.41, 5.74) is 1.58. The summed E-state index contributed by atoms with van der Waals surface area (Å²) in [5, 5.41) is 15.4. The first-order valence-electron chi connectivity index (χ1n) is 4.90. The van der Waals surface area contributed by atoms with E-state index in [1.165, 1.54) is 0 Å². The maximum absolute atomic E-state index is 11.6. The van der Waals surface area contributed by atoms with E-state index in [2.05, 4.69) is 25.9 Å². The van der Waals surface area contributed by atoms with Crippen LogP contribution >= 0.6 is 0 Å². The van der Waals surface area contributed by atoms with Gasteiger partial charge in [0.1, 0.15) is 5.75 Å². The zero-order valence-electron chi connectivity index (χ0n) is 9.39. The lowest BCUT2D eigenvalue weighted by molar-refractivity contribution is 0.101. The van der Waals surface area contributed by atoms with Gasteiger partial charge in [-0.15, -0.1) is 10.2 Å². The number of aromatic nitrogens is 4. The average molecular weight is 233 g/mol. The molecule has 0 bridgehead atoms. The highest BCUT2D eigenvalue weighted by atomic mass is 16.5. The van der Waals surface area contributed by atoms with Crippen molar-refractivity contribution in [3.8, 4) is 5.75 Å². The van der Waals surface area contributed by atoms with Crippen molar-refractivity contribution in [2.75, 3.05) is 12.4 Å². The number of amides is 1. The molecule has 2 N–H and O–H groups in total. The Morgan fingerprint density at radius 2 is 2.29 bits per heavy atom. The predicted molar refractivity (Wildman–Crippen MR) is 59.9 cm³/mol. The lowest BCUT2D eigenvalue weighted by atomic mass is 10.2. The third-order valence-corrected chi connectivity index (χ3v) is 2.20. The van der Waals surface area contributed by atoms with Gasteiger partial charge >= 0.3 is 0 Å². The number of H-pyrrole nitrogens is 1. The molecule has 0 spiro atoms. The van der Waals surface area contributed by atoms with Crippen molar-refractivity contribution >= 4 is 11.6 Å². The minimum absolute atomic E-state index is 0.00142. The minimum Gasteiger partial charge on any atom is -0.496 e. The number of hydrogen-bond acceptors (Lipinski definition) is 5. The van der Waals surface area contributed by atoms with Crippen LogP contribution in [0.5, 0.6) is 5.75 Å². The maximum Gasteiger partial charge on any atom is 0.297 e. The monoisotopic (exact) mass is 233 g/mol. The van der Waals surface area contributed by atoms with Crippen molar-refractivity contribution in [2.45, 2.75) is 6.92 Å². The Kier molecular flexibility index (Phi) is 2.99. The Bertz CT molecular complexity index is 523. The lowest BCUT2D eigenvalue weighted by Crippen LogP contribution is -2.13. The average Bonchev–Trinajstić information content (AvgIpc) is 2.82. The van der Waals surface area contributed by atoms with Gasteiger partial charge in [0, 0.05) is 5.69 Å². The van der Waals surface area contributed by atoms with Gasteiger partial charge in [0.2, 0.25) is 0 Å². The largest absolute Gasteiger partial charge is 0.496 e. The molecule has 0 aliphatic carbocycles. The number of methoxy groups -OCH3 is 1. The van der Waals surface area contributed by atoms with Gasteiger partial charge in [0.25, 0.3) is 11.7 Å². The molecule has 7 nitrogen and oxygen atoms in total. The van der Waals surface area contributed by atoms with Gasteiger partial charge in [-0.05, 0) is 35.9 Å². The number of nitrogens with zero attached hydrogens (tertiary/aromatic N) is 3. The van der Waals surface area contributed by atoms with Crippen LogP contribution in [0, 0.1) is 6.92 Å². The third kappa shape index (κ3) is 2.39. The molecule has 0 radical (unpaired) electrons. The first-order valence-corrected chi connectivity index (χ1v) is 4.90. The Morgan fingerprint density at radius 3 is 2.88 bits per heavy atom. The van der Waals surface area contributed by atoms with Crippen LogP contribution in [0.15, 0.2) is 18.2 Å². The molecule has 1 amide bonds. The van der Waals surface area contributed by atoms with Gasteiger partial charge < -0.3 is 10.1 Å². The normalized spacial score (nSPS) is 10.0. The lowest BCUT2D eigenvalue weighted by Gasteiger charge is -2.07. The summed E-state index contributed by atoms with van der Waals surface area (Å²) in [6.07, 6.45) is 0. The number of carbonyl (C=O) groups is 1. The van der Waals surface area contributed by atoms with Gasteiger partial charge in [-0.25, -0.2) is 0 Å². The zero-order chi connectivity index (χ0) is 12.3. The molecule has 0 saturated heterocycles. The fourth-order valence-electron chi connectivity index (χ4n) is 1.40. The highest BCUT2D eigenvalue weighted by Crippen LogP contribution is 2.21. The molecule has 0 saturated carbocycles. The maximum atomic E-state index is 11.6. The minimum atomic E-state index is -0.414. The number of ether oxygens (including phenoxy) is 1. The number of nitrogens with one attached hydrogen (secondary N) is 2. The molecule has 0 aliphatic heterocycles. The van der Waals surface area contributed by atoms with E-state index in [4.69, 9.17) is 4.74 Å². The zero-order valence-corrected chi connectivity index (χ0v) is 9.39. The molecule has 0 fully saturated rings. The van der Waals surface area contributed by atoms with Gasteiger partial charge in [0.05, 0.1) is 7.11 Å². The second-order valence-corrected chi connectivity index (χ2v) is 3.37. The number of carbonyl (C=O) groups excluding carboxylic acids is 1. The van der Waals surface area contributed by atoms with Gasteiger partial charge in [-0.2, -0.15) is 5.21 Å². The second-order valence-electron chi connectivity index (χ2n) is 3.37. The van der Waals surface area contributed by atoms with Crippen LogP contribution in [-0.4, -0.2) is 33.6 Å². The summed E-state index contributed by atoms with van der Waals surface area (Å²) >= 11 is 0. The summed E-state index contributed by atoms with van der Waals surface area (Å²) in [6.45, 7) is 1.89. The van der Waals surface area contributed by atoms with Crippen LogP contribution in [-0.2, 0) is 0 Å². The number of rotatable bonds is 3. The molecule has 0 unspecified atom stereocenters. The standard InChI is InChI=1S/C10H11N5O2/c1-6-5-7(3-4-8(6)17-2)11-10(16)9-12-14-15-13-9/h3-5H,1-2H3,(H,11,16)(H,12,13,14,15). The first-order chi connectivity index (χ1) is 8.20. The number of anilines is 1. The summed E-state index contributed by atoms with van der Waals surface area (Å²) in [5.74, 6) is 0.351. The van der Waals surface area contributed by atoms with E-state index in [0.717, 1.165) is 11.3 Å². The fraction of sp³-hybridized carbons (Fsp3) is 0.200. The van der Waals surface area contributed by atoms with Crippen LogP contribution in [0.4, 0.5) is 5.69 Å². The molecule has 88 valence electrons. The number of aryl methyl sites for hydroxylation is 1. The quantitative estimate of drug-likeness (QED) is 0.816. The number of hydrogen-bond donors (Lipinski definition) is 2. The molecule has 1 aromatic carbocycles. The fourth-order valence-corrected chi connectivity index (χ4v) is 1.40. The van der Waals surface area contributed by atoms with E-state index in [1.807, 2.05) is 6.92 Å². The Hall–Kier alpha value is -2.44. The van der Waals surface area contributed by atoms with E-state index < -0.39 is 5.91 Å². The summed E-state index contributed by atoms with van der Waals surface area (Å²) in [7, 11) is 1.60. The predicted octanol–water partition coefficient (Wildman–Crippen LogP) is 0.769. The van der Waals surface area contributed by atoms with Gasteiger partial charge in [0.15, 0.2) is 0 Å². The van der Waals surface area contributed by atoms with Gasteiger partial charge in [-0.3, -0.25) is 4.79 Å². The van der Waals surface area contributed by atoms with Crippen molar-refractivity contribution in [2.24, 2.45) is 0 Å². The highest BCUT2D eigenvalue weighted by Gasteiger charge is 2.11. The molecule has 2 rings (SSSR count). The smallest absolute Gasteiger partial charge is 0.297 e. The van der Waals surface area contributed by atoms with Crippen LogP contribution in [0.25, 0.3) is 0 Å². The van der Waals surface area contributed by atoms with Crippen LogP contribution < -0.4 is 10.1 Å². The Labute approximate surface area is 97.2 Å². The molecule has 17 heavy (non-hydrogen) atoms. The van der Waals surface area contributed by atoms with E-state index in [1.54, 1.807) is 25.3 Å². The molecule has 0 atom stereocenters. The van der Waals surface area contributed by atoms with E-state index in [-0.39, 0.29) is 5.82 Å². The van der Waals surface area contributed by atoms with E-state index in [0.29, 0.717) is 5.69 Å². The van der Waals surface area contributed by atoms with E-state index in [9.17, 15) is 4.79 Å². The van der Waals surface area contributed by atoms with Crippen molar-refractivity contribution in [3.63, 3.8) is 0 Å². The third-order valence-electron chi connectivity index (χ3n) is 2.20. The van der Waals surface area contributed by atoms with E-state index >= 15 is 0 Å². The van der Waals surface area contributed by atoms with Crippen molar-refractivity contribution in [3.05, 3.63) is 29.6 Å². The molecular formula is C10H11N5O2. The van der Waals surface area contributed by atoms with Crippen LogP contribution in [0.1, 0.15) is 16.2 Å². The number of benzene rings is 1. The summed E-state index contributed by atoms with van der Waals surface area (Å²) in [4.78, 5) is 11.6. The molecule has 1 aromatic heterocycles. The van der Waals surface area contributed by atoms with Crippen molar-refractivity contribution < 1.29 is 9.53 Å². The van der Waals surface area contributed by atoms with Crippen molar-refractivity contribution in [1.29, 1.82) is 0 Å². The second kappa shape index (κ2) is 4.60. The van der Waals surface area contributed by atoms with Crippen LogP contribution in [0.2, 0.25) is 0 Å². The molecule has 7 heteroatoms. The number of tetrazole rings is 1. The topological polar surface area (TPSA) is 92.8 Å².